The Kier molecular flexibility index (Phi) is 3.81. The smallest absolute Gasteiger partial charge is 0.200 e. The number of hydrogen-bond donors (Lipinski definition) is 0. The number of halogens is 2. The van der Waals surface area contributed by atoms with Gasteiger partial charge in [-0.25, -0.2) is 4.39 Å². The van der Waals surface area contributed by atoms with E-state index in [4.69, 9.17) is 0 Å². The van der Waals surface area contributed by atoms with Gasteiger partial charge >= 0.3 is 0 Å². The molecule has 0 spiro atoms. The van der Waals surface area contributed by atoms with Crippen LogP contribution in [-0.2, 0) is 4.79 Å². The summed E-state index contributed by atoms with van der Waals surface area (Å²) in [7, 11) is 1.24. The first-order valence-electron chi connectivity index (χ1n) is 4.14. The van der Waals surface area contributed by atoms with Crippen molar-refractivity contribution < 1.29 is 18.3 Å². The summed E-state index contributed by atoms with van der Waals surface area (Å²) in [4.78, 5) is 9.98. The van der Waals surface area contributed by atoms with Crippen LogP contribution in [0.5, 0.6) is 5.75 Å². The van der Waals surface area contributed by atoms with Gasteiger partial charge in [0, 0.05) is 5.56 Å². The van der Waals surface area contributed by atoms with Gasteiger partial charge in [0.2, 0.25) is 5.82 Å². The molecule has 0 unspecified atom stereocenters. The number of methoxy groups -OCH3 is 1. The maximum absolute atomic E-state index is 13.0. The zero-order valence-corrected chi connectivity index (χ0v) is 8.01. The molecule has 4 heteroatoms. The number of hydrogen-bond acceptors (Lipinski definition) is 2. The van der Waals surface area contributed by atoms with Crippen molar-refractivity contribution in [2.24, 2.45) is 0 Å². The molecule has 1 aromatic rings. The Labute approximate surface area is 85.9 Å². The Balaban J connectivity index is 3.07. The van der Waals surface area contributed by atoms with Gasteiger partial charge in [0.25, 0.3) is 0 Å². The van der Waals surface area contributed by atoms with Crippen LogP contribution >= 0.6 is 0 Å². The normalized spacial score (nSPS) is 9.00. The molecule has 0 saturated heterocycles. The van der Waals surface area contributed by atoms with Gasteiger partial charge in [-0.05, 0) is 12.1 Å². The molecule has 2 nitrogen and oxygen atoms in total. The Morgan fingerprint density at radius 3 is 2.80 bits per heavy atom. The minimum absolute atomic E-state index is 0.0569. The van der Waals surface area contributed by atoms with Gasteiger partial charge in [0.05, 0.1) is 13.5 Å². The van der Waals surface area contributed by atoms with Crippen molar-refractivity contribution in [2.75, 3.05) is 7.11 Å². The van der Waals surface area contributed by atoms with Gasteiger partial charge in [-0.3, -0.25) is 0 Å². The van der Waals surface area contributed by atoms with E-state index >= 15 is 0 Å². The van der Waals surface area contributed by atoms with Crippen LogP contribution in [0.25, 0.3) is 0 Å². The summed E-state index contributed by atoms with van der Waals surface area (Å²) < 4.78 is 30.5. The molecule has 15 heavy (non-hydrogen) atoms. The van der Waals surface area contributed by atoms with Crippen molar-refractivity contribution in [2.45, 2.75) is 6.42 Å². The van der Waals surface area contributed by atoms with Crippen LogP contribution in [0.2, 0.25) is 0 Å². The lowest BCUT2D eigenvalue weighted by Gasteiger charge is -2.02. The van der Waals surface area contributed by atoms with E-state index in [0.717, 1.165) is 6.07 Å². The summed E-state index contributed by atoms with van der Waals surface area (Å²) >= 11 is 0. The molecule has 0 radical (unpaired) electrons. The van der Waals surface area contributed by atoms with E-state index in [1.54, 1.807) is 0 Å². The van der Waals surface area contributed by atoms with Crippen LogP contribution in [0.1, 0.15) is 12.0 Å². The summed E-state index contributed by atoms with van der Waals surface area (Å²) in [6.45, 7) is 0. The molecule has 0 N–H and O–H groups in total. The standard InChI is InChI=1S/C11H8F2O2/c1-15-10-7-8(4-2-3-5-14)6-9(12)11(10)13/h5-7H,3H2,1H3. The molecular formula is C11H8F2O2. The van der Waals surface area contributed by atoms with E-state index in [1.165, 1.54) is 13.2 Å². The van der Waals surface area contributed by atoms with E-state index in [1.807, 2.05) is 0 Å². The molecule has 1 rings (SSSR count). The molecule has 0 aromatic heterocycles. The number of benzene rings is 1. The lowest BCUT2D eigenvalue weighted by molar-refractivity contribution is -0.107. The quantitative estimate of drug-likeness (QED) is 0.550. The lowest BCUT2D eigenvalue weighted by Crippen LogP contribution is -1.93. The first-order chi connectivity index (χ1) is 7.19. The maximum atomic E-state index is 13.0. The van der Waals surface area contributed by atoms with Gasteiger partial charge < -0.3 is 9.53 Å². The maximum Gasteiger partial charge on any atom is 0.200 e. The summed E-state index contributed by atoms with van der Waals surface area (Å²) in [5.41, 5.74) is 0.271. The molecule has 78 valence electrons. The fourth-order valence-corrected chi connectivity index (χ4v) is 0.979. The van der Waals surface area contributed by atoms with Crippen molar-refractivity contribution in [3.8, 4) is 17.6 Å². The minimum Gasteiger partial charge on any atom is -0.494 e. The zero-order chi connectivity index (χ0) is 11.3. The second-order valence-corrected chi connectivity index (χ2v) is 2.65. The van der Waals surface area contributed by atoms with Crippen LogP contribution in [0.4, 0.5) is 8.78 Å². The predicted molar refractivity (Wildman–Crippen MR) is 50.5 cm³/mol. The molecular weight excluding hydrogens is 202 g/mol. The molecule has 0 fully saturated rings. The van der Waals surface area contributed by atoms with Gasteiger partial charge in [0.1, 0.15) is 6.29 Å². The van der Waals surface area contributed by atoms with Crippen molar-refractivity contribution in [1.82, 2.24) is 0 Å². The summed E-state index contributed by atoms with van der Waals surface area (Å²) in [5.74, 6) is 2.74. The molecule has 0 aliphatic carbocycles. The first-order valence-corrected chi connectivity index (χ1v) is 4.14. The van der Waals surface area contributed by atoms with Crippen molar-refractivity contribution in [3.63, 3.8) is 0 Å². The third-order valence-corrected chi connectivity index (χ3v) is 1.63. The third kappa shape index (κ3) is 2.78. The molecule has 0 aliphatic heterocycles. The van der Waals surface area contributed by atoms with Crippen molar-refractivity contribution >= 4 is 6.29 Å². The Bertz CT molecular complexity index is 430. The predicted octanol–water partition coefficient (Wildman–Crippen LogP) is 1.91. The monoisotopic (exact) mass is 210 g/mol. The zero-order valence-electron chi connectivity index (χ0n) is 8.01. The summed E-state index contributed by atoms with van der Waals surface area (Å²) in [6.07, 6.45) is 0.686. The van der Waals surface area contributed by atoms with Gasteiger partial charge in [-0.2, -0.15) is 4.39 Å². The molecule has 0 amide bonds. The Morgan fingerprint density at radius 1 is 1.47 bits per heavy atom. The fraction of sp³-hybridized carbons (Fsp3) is 0.182. The van der Waals surface area contributed by atoms with Crippen LogP contribution in [0.15, 0.2) is 12.1 Å². The Hall–Kier alpha value is -1.89. The van der Waals surface area contributed by atoms with Crippen LogP contribution in [0.3, 0.4) is 0 Å². The molecule has 0 heterocycles. The Morgan fingerprint density at radius 2 is 2.20 bits per heavy atom. The lowest BCUT2D eigenvalue weighted by atomic mass is 10.2. The van der Waals surface area contributed by atoms with E-state index in [2.05, 4.69) is 16.6 Å². The first kappa shape index (κ1) is 11.2. The van der Waals surface area contributed by atoms with Crippen molar-refractivity contribution in [3.05, 3.63) is 29.3 Å². The number of rotatable bonds is 2. The average molecular weight is 210 g/mol. The fourth-order valence-electron chi connectivity index (χ4n) is 0.979. The largest absolute Gasteiger partial charge is 0.494 e. The van der Waals surface area contributed by atoms with Gasteiger partial charge in [0.15, 0.2) is 11.6 Å². The average Bonchev–Trinajstić information content (AvgIpc) is 2.23. The molecule has 0 aliphatic rings. The topological polar surface area (TPSA) is 26.3 Å². The highest BCUT2D eigenvalue weighted by Crippen LogP contribution is 2.21. The number of carbonyl (C=O) groups excluding carboxylic acids is 1. The molecule has 1 aromatic carbocycles. The second-order valence-electron chi connectivity index (χ2n) is 2.65. The van der Waals surface area contributed by atoms with E-state index in [0.29, 0.717) is 6.29 Å². The highest BCUT2D eigenvalue weighted by Gasteiger charge is 2.09. The van der Waals surface area contributed by atoms with Crippen LogP contribution in [0, 0.1) is 23.5 Å². The summed E-state index contributed by atoms with van der Waals surface area (Å²) in [6, 6.07) is 2.23. The van der Waals surface area contributed by atoms with Crippen LogP contribution in [-0.4, -0.2) is 13.4 Å². The van der Waals surface area contributed by atoms with Crippen LogP contribution < -0.4 is 4.74 Å². The van der Waals surface area contributed by atoms with Crippen molar-refractivity contribution in [1.29, 1.82) is 0 Å². The highest BCUT2D eigenvalue weighted by atomic mass is 19.2. The number of ether oxygens (including phenoxy) is 1. The molecule has 0 bridgehead atoms. The highest BCUT2D eigenvalue weighted by molar-refractivity contribution is 5.55. The third-order valence-electron chi connectivity index (χ3n) is 1.63. The van der Waals surface area contributed by atoms with Gasteiger partial charge in [-0.1, -0.05) is 11.8 Å². The molecule has 0 saturated carbocycles. The SMILES string of the molecule is COc1cc(C#CCC=O)cc(F)c1F. The number of aldehydes is 1. The minimum atomic E-state index is -1.04. The van der Waals surface area contributed by atoms with Gasteiger partial charge in [-0.15, -0.1) is 0 Å². The van der Waals surface area contributed by atoms with E-state index in [9.17, 15) is 13.6 Å². The second kappa shape index (κ2) is 5.11. The van der Waals surface area contributed by atoms with E-state index in [-0.39, 0.29) is 17.7 Å². The van der Waals surface area contributed by atoms with E-state index < -0.39 is 11.6 Å². The number of carbonyl (C=O) groups is 1. The summed E-state index contributed by atoms with van der Waals surface area (Å²) in [5, 5.41) is 0. The molecule has 0 atom stereocenters.